The maximum absolute atomic E-state index is 10.8. The van der Waals surface area contributed by atoms with Crippen molar-refractivity contribution in [1.29, 1.82) is 0 Å². The van der Waals surface area contributed by atoms with Crippen molar-refractivity contribution in [2.45, 2.75) is 13.3 Å². The molecule has 96 valence electrons. The molecule has 0 aliphatic carbocycles. The standard InChI is InChI=1S/C15H18O3/c1-5-6-13-7-8-15(17-4)14(9-13)11(2)10-18-12(3)16/h5,7-9H,1-2,6,10H2,3-4H3. The first kappa shape index (κ1) is 14.0. The van der Waals surface area contributed by atoms with E-state index in [1.54, 1.807) is 7.11 Å². The Bertz CT molecular complexity index is 461. The molecule has 0 spiro atoms. The van der Waals surface area contributed by atoms with Crippen LogP contribution in [0.15, 0.2) is 37.4 Å². The lowest BCUT2D eigenvalue weighted by Crippen LogP contribution is -2.03. The normalized spacial score (nSPS) is 9.67. The summed E-state index contributed by atoms with van der Waals surface area (Å²) >= 11 is 0. The summed E-state index contributed by atoms with van der Waals surface area (Å²) in [5, 5.41) is 0. The fourth-order valence-corrected chi connectivity index (χ4v) is 1.59. The summed E-state index contributed by atoms with van der Waals surface area (Å²) in [4.78, 5) is 10.8. The van der Waals surface area contributed by atoms with Crippen LogP contribution in [0.3, 0.4) is 0 Å². The smallest absolute Gasteiger partial charge is 0.302 e. The first-order valence-electron chi connectivity index (χ1n) is 5.67. The molecule has 3 heteroatoms. The van der Waals surface area contributed by atoms with Gasteiger partial charge in [-0.15, -0.1) is 6.58 Å². The molecule has 0 amide bonds. The summed E-state index contributed by atoms with van der Waals surface area (Å²) in [5.41, 5.74) is 2.69. The van der Waals surface area contributed by atoms with Crippen molar-refractivity contribution >= 4 is 11.5 Å². The Labute approximate surface area is 108 Å². The van der Waals surface area contributed by atoms with Gasteiger partial charge in [0.15, 0.2) is 0 Å². The molecule has 0 radical (unpaired) electrons. The molecule has 0 heterocycles. The van der Waals surface area contributed by atoms with Crippen molar-refractivity contribution in [1.82, 2.24) is 0 Å². The van der Waals surface area contributed by atoms with Crippen molar-refractivity contribution in [3.63, 3.8) is 0 Å². The van der Waals surface area contributed by atoms with Gasteiger partial charge in [0.2, 0.25) is 0 Å². The van der Waals surface area contributed by atoms with Crippen molar-refractivity contribution in [2.24, 2.45) is 0 Å². The van der Waals surface area contributed by atoms with Crippen LogP contribution in [0.2, 0.25) is 0 Å². The zero-order chi connectivity index (χ0) is 13.5. The Morgan fingerprint density at radius 3 is 2.72 bits per heavy atom. The van der Waals surface area contributed by atoms with Gasteiger partial charge in [0.1, 0.15) is 12.4 Å². The highest BCUT2D eigenvalue weighted by molar-refractivity contribution is 5.73. The molecule has 0 atom stereocenters. The number of allylic oxidation sites excluding steroid dienone is 1. The second-order valence-corrected chi connectivity index (χ2v) is 3.91. The number of hydrogen-bond donors (Lipinski definition) is 0. The average molecular weight is 246 g/mol. The summed E-state index contributed by atoms with van der Waals surface area (Å²) in [6.45, 7) is 9.18. The summed E-state index contributed by atoms with van der Waals surface area (Å²) in [6, 6.07) is 5.84. The van der Waals surface area contributed by atoms with Gasteiger partial charge in [0.25, 0.3) is 0 Å². The van der Waals surface area contributed by atoms with E-state index in [2.05, 4.69) is 13.2 Å². The molecule has 18 heavy (non-hydrogen) atoms. The van der Waals surface area contributed by atoms with Crippen molar-refractivity contribution < 1.29 is 14.3 Å². The Hall–Kier alpha value is -2.03. The number of ether oxygens (including phenoxy) is 2. The highest BCUT2D eigenvalue weighted by Crippen LogP contribution is 2.26. The van der Waals surface area contributed by atoms with E-state index in [1.165, 1.54) is 6.92 Å². The molecule has 1 aromatic carbocycles. The predicted octanol–water partition coefficient (Wildman–Crippen LogP) is 3.00. The minimum Gasteiger partial charge on any atom is -0.496 e. The lowest BCUT2D eigenvalue weighted by Gasteiger charge is -2.12. The Balaban J connectivity index is 2.95. The third-order valence-corrected chi connectivity index (χ3v) is 2.47. The first-order chi connectivity index (χ1) is 8.58. The average Bonchev–Trinajstić information content (AvgIpc) is 2.36. The highest BCUT2D eigenvalue weighted by Gasteiger charge is 2.09. The zero-order valence-corrected chi connectivity index (χ0v) is 10.9. The van der Waals surface area contributed by atoms with Gasteiger partial charge in [-0.1, -0.05) is 18.7 Å². The number of esters is 1. The van der Waals surface area contributed by atoms with Gasteiger partial charge in [-0.3, -0.25) is 4.79 Å². The first-order valence-corrected chi connectivity index (χ1v) is 5.67. The Kier molecular flexibility index (Phi) is 5.18. The minimum absolute atomic E-state index is 0.170. The molecular weight excluding hydrogens is 228 g/mol. The van der Waals surface area contributed by atoms with Crippen LogP contribution < -0.4 is 4.74 Å². The summed E-state index contributed by atoms with van der Waals surface area (Å²) in [6.07, 6.45) is 2.61. The molecule has 0 saturated carbocycles. The number of rotatable bonds is 6. The van der Waals surface area contributed by atoms with Crippen LogP contribution in [0.4, 0.5) is 0 Å². The van der Waals surface area contributed by atoms with E-state index in [0.717, 1.165) is 23.3 Å². The monoisotopic (exact) mass is 246 g/mol. The molecule has 0 bridgehead atoms. The summed E-state index contributed by atoms with van der Waals surface area (Å²) < 4.78 is 10.2. The largest absolute Gasteiger partial charge is 0.496 e. The van der Waals surface area contributed by atoms with Crippen LogP contribution in [0, 0.1) is 0 Å². The summed E-state index contributed by atoms with van der Waals surface area (Å²) in [5.74, 6) is 0.400. The molecule has 1 rings (SSSR count). The third kappa shape index (κ3) is 3.77. The van der Waals surface area contributed by atoms with E-state index >= 15 is 0 Å². The van der Waals surface area contributed by atoms with Crippen LogP contribution in [0.1, 0.15) is 18.1 Å². The quantitative estimate of drug-likeness (QED) is 0.571. The number of carbonyl (C=O) groups is 1. The molecule has 0 aromatic heterocycles. The predicted molar refractivity (Wildman–Crippen MR) is 72.6 cm³/mol. The fourth-order valence-electron chi connectivity index (χ4n) is 1.59. The number of benzene rings is 1. The number of hydrogen-bond acceptors (Lipinski definition) is 3. The van der Waals surface area contributed by atoms with Crippen LogP contribution in [-0.4, -0.2) is 19.7 Å². The second kappa shape index (κ2) is 6.64. The molecule has 0 N–H and O–H groups in total. The SMILES string of the molecule is C=CCc1ccc(OC)c(C(=C)COC(C)=O)c1. The molecule has 0 fully saturated rings. The van der Waals surface area contributed by atoms with Crippen molar-refractivity contribution in [3.05, 3.63) is 48.6 Å². The van der Waals surface area contributed by atoms with Crippen LogP contribution in [-0.2, 0) is 16.0 Å². The number of methoxy groups -OCH3 is 1. The van der Waals surface area contributed by atoms with Crippen LogP contribution in [0.5, 0.6) is 5.75 Å². The minimum atomic E-state index is -0.322. The van der Waals surface area contributed by atoms with Crippen LogP contribution in [0.25, 0.3) is 5.57 Å². The molecular formula is C15H18O3. The van der Waals surface area contributed by atoms with E-state index < -0.39 is 0 Å². The van der Waals surface area contributed by atoms with Gasteiger partial charge < -0.3 is 9.47 Å². The van der Waals surface area contributed by atoms with E-state index in [4.69, 9.17) is 9.47 Å². The van der Waals surface area contributed by atoms with Crippen molar-refractivity contribution in [3.8, 4) is 5.75 Å². The number of carbonyl (C=O) groups excluding carboxylic acids is 1. The lowest BCUT2D eigenvalue weighted by atomic mass is 10.0. The zero-order valence-electron chi connectivity index (χ0n) is 10.9. The third-order valence-electron chi connectivity index (χ3n) is 2.47. The van der Waals surface area contributed by atoms with Gasteiger partial charge in [-0.2, -0.15) is 0 Å². The van der Waals surface area contributed by atoms with E-state index in [9.17, 15) is 4.79 Å². The van der Waals surface area contributed by atoms with Gasteiger partial charge in [-0.25, -0.2) is 0 Å². The van der Waals surface area contributed by atoms with Gasteiger partial charge in [0, 0.05) is 12.5 Å². The van der Waals surface area contributed by atoms with E-state index in [0.29, 0.717) is 5.57 Å². The molecule has 1 aromatic rings. The van der Waals surface area contributed by atoms with Crippen molar-refractivity contribution in [2.75, 3.05) is 13.7 Å². The van der Waals surface area contributed by atoms with Gasteiger partial charge in [0.05, 0.1) is 7.11 Å². The van der Waals surface area contributed by atoms with E-state index in [-0.39, 0.29) is 12.6 Å². The highest BCUT2D eigenvalue weighted by atomic mass is 16.5. The lowest BCUT2D eigenvalue weighted by molar-refractivity contribution is -0.139. The van der Waals surface area contributed by atoms with E-state index in [1.807, 2.05) is 24.3 Å². The molecule has 0 aliphatic rings. The second-order valence-electron chi connectivity index (χ2n) is 3.91. The fraction of sp³-hybridized carbons (Fsp3) is 0.267. The maximum atomic E-state index is 10.8. The maximum Gasteiger partial charge on any atom is 0.302 e. The molecule has 0 aliphatic heterocycles. The summed E-state index contributed by atoms with van der Waals surface area (Å²) in [7, 11) is 1.60. The Morgan fingerprint density at radius 2 is 2.17 bits per heavy atom. The molecule has 3 nitrogen and oxygen atoms in total. The van der Waals surface area contributed by atoms with Gasteiger partial charge >= 0.3 is 5.97 Å². The topological polar surface area (TPSA) is 35.5 Å². The Morgan fingerprint density at radius 1 is 1.44 bits per heavy atom. The molecule has 0 saturated heterocycles. The van der Waals surface area contributed by atoms with Crippen LogP contribution >= 0.6 is 0 Å². The van der Waals surface area contributed by atoms with Gasteiger partial charge in [-0.05, 0) is 29.7 Å². The molecule has 0 unspecified atom stereocenters.